The molecule has 4 rings (SSSR count). The smallest absolute Gasteiger partial charge is 0.241 e. The molecule has 1 atom stereocenters. The molecule has 2 aromatic carbocycles. The highest BCUT2D eigenvalue weighted by Gasteiger charge is 2.26. The summed E-state index contributed by atoms with van der Waals surface area (Å²) < 4.78 is 2.30. The third-order valence-electron chi connectivity index (χ3n) is 6.07. The number of nitrogens with two attached hydrogens (primary N) is 1. The van der Waals surface area contributed by atoms with E-state index in [1.807, 2.05) is 24.0 Å². The van der Waals surface area contributed by atoms with Crippen LogP contribution in [0.1, 0.15) is 13.8 Å². The van der Waals surface area contributed by atoms with Gasteiger partial charge in [-0.05, 0) is 38.1 Å². The first kappa shape index (κ1) is 20.4. The number of primary amides is 1. The molecule has 3 N–H and O–H groups in total. The number of nitrogens with zero attached hydrogens (tertiary/aromatic N) is 3. The standard InChI is InChI=1S/C23H29N5O2/c1-3-28-20-7-5-4-6-18(20)19-14-17(8-9-21(19)28)25-23(30)16(2)27-12-10-26(11-13-27)15-22(24)29/h4-9,14,16H,3,10-13,15H2,1-2H3,(H2,24,29)(H,25,30)/t16-/m0/s1. The van der Waals surface area contributed by atoms with E-state index in [4.69, 9.17) is 5.73 Å². The number of aryl methyl sites for hydroxylation is 1. The van der Waals surface area contributed by atoms with Gasteiger partial charge in [0.25, 0.3) is 0 Å². The fourth-order valence-corrected chi connectivity index (χ4v) is 4.41. The van der Waals surface area contributed by atoms with Gasteiger partial charge in [-0.3, -0.25) is 19.4 Å². The van der Waals surface area contributed by atoms with Gasteiger partial charge in [0.05, 0.1) is 12.6 Å². The van der Waals surface area contributed by atoms with Gasteiger partial charge in [-0.1, -0.05) is 18.2 Å². The van der Waals surface area contributed by atoms with Crippen LogP contribution in [0, 0.1) is 0 Å². The number of amides is 2. The van der Waals surface area contributed by atoms with E-state index in [9.17, 15) is 9.59 Å². The van der Waals surface area contributed by atoms with Gasteiger partial charge < -0.3 is 15.6 Å². The van der Waals surface area contributed by atoms with Crippen molar-refractivity contribution in [3.63, 3.8) is 0 Å². The normalized spacial score (nSPS) is 16.7. The average Bonchev–Trinajstić information content (AvgIpc) is 3.06. The fraction of sp³-hybridized carbons (Fsp3) is 0.391. The van der Waals surface area contributed by atoms with Crippen LogP contribution in [0.15, 0.2) is 42.5 Å². The highest BCUT2D eigenvalue weighted by molar-refractivity contribution is 6.10. The number of piperazine rings is 1. The first-order valence-electron chi connectivity index (χ1n) is 10.5. The maximum absolute atomic E-state index is 12.9. The van der Waals surface area contributed by atoms with Crippen molar-refractivity contribution in [1.82, 2.24) is 14.4 Å². The van der Waals surface area contributed by atoms with Crippen LogP contribution >= 0.6 is 0 Å². The van der Waals surface area contributed by atoms with Crippen LogP contribution in [0.3, 0.4) is 0 Å². The number of rotatable bonds is 6. The number of carbonyl (C=O) groups is 2. The molecule has 2 amide bonds. The third kappa shape index (κ3) is 3.91. The van der Waals surface area contributed by atoms with Crippen molar-refractivity contribution in [1.29, 1.82) is 0 Å². The summed E-state index contributed by atoms with van der Waals surface area (Å²) >= 11 is 0. The van der Waals surface area contributed by atoms with E-state index in [0.29, 0.717) is 0 Å². The third-order valence-corrected chi connectivity index (χ3v) is 6.07. The molecule has 2 heterocycles. The highest BCUT2D eigenvalue weighted by Crippen LogP contribution is 2.31. The Balaban J connectivity index is 1.48. The van der Waals surface area contributed by atoms with Crippen LogP contribution in [0.4, 0.5) is 5.69 Å². The Morgan fingerprint density at radius 2 is 1.73 bits per heavy atom. The lowest BCUT2D eigenvalue weighted by Crippen LogP contribution is -2.53. The van der Waals surface area contributed by atoms with Gasteiger partial charge in [0.15, 0.2) is 0 Å². The zero-order valence-corrected chi connectivity index (χ0v) is 17.6. The van der Waals surface area contributed by atoms with Crippen LogP contribution in [0.2, 0.25) is 0 Å². The molecule has 1 fully saturated rings. The number of fused-ring (bicyclic) bond motifs is 3. The molecule has 30 heavy (non-hydrogen) atoms. The first-order valence-corrected chi connectivity index (χ1v) is 10.5. The number of nitrogens with one attached hydrogen (secondary N) is 1. The van der Waals surface area contributed by atoms with E-state index >= 15 is 0 Å². The Morgan fingerprint density at radius 1 is 1.03 bits per heavy atom. The molecule has 3 aromatic rings. The van der Waals surface area contributed by atoms with E-state index in [-0.39, 0.29) is 24.4 Å². The second kappa shape index (κ2) is 8.45. The summed E-state index contributed by atoms with van der Waals surface area (Å²) in [5.41, 5.74) is 8.47. The molecular formula is C23H29N5O2. The molecule has 0 saturated carbocycles. The molecular weight excluding hydrogens is 378 g/mol. The lowest BCUT2D eigenvalue weighted by Gasteiger charge is -2.36. The molecule has 0 radical (unpaired) electrons. The minimum atomic E-state index is -0.311. The van der Waals surface area contributed by atoms with Crippen molar-refractivity contribution in [2.24, 2.45) is 5.73 Å². The van der Waals surface area contributed by atoms with E-state index < -0.39 is 0 Å². The Bertz CT molecular complexity index is 1080. The van der Waals surface area contributed by atoms with Crippen LogP contribution in [0.25, 0.3) is 21.8 Å². The zero-order chi connectivity index (χ0) is 21.3. The zero-order valence-electron chi connectivity index (χ0n) is 17.6. The SMILES string of the molecule is CCn1c2ccccc2c2cc(NC(=O)[C@H](C)N3CCN(CC(N)=O)CC3)ccc21. The van der Waals surface area contributed by atoms with Crippen LogP contribution in [0.5, 0.6) is 0 Å². The Morgan fingerprint density at radius 3 is 2.43 bits per heavy atom. The average molecular weight is 408 g/mol. The predicted octanol–water partition coefficient (Wildman–Crippen LogP) is 2.24. The summed E-state index contributed by atoms with van der Waals surface area (Å²) in [5.74, 6) is -0.328. The Kier molecular flexibility index (Phi) is 5.74. The lowest BCUT2D eigenvalue weighted by atomic mass is 10.1. The Labute approximate surface area is 176 Å². The number of hydrogen-bond donors (Lipinski definition) is 2. The minimum Gasteiger partial charge on any atom is -0.369 e. The molecule has 0 spiro atoms. The summed E-state index contributed by atoms with van der Waals surface area (Å²) in [4.78, 5) is 28.2. The molecule has 7 nitrogen and oxygen atoms in total. The number of carbonyl (C=O) groups excluding carboxylic acids is 2. The summed E-state index contributed by atoms with van der Waals surface area (Å²) in [7, 11) is 0. The topological polar surface area (TPSA) is 83.6 Å². The molecule has 1 saturated heterocycles. The van der Waals surface area contributed by atoms with Gasteiger partial charge in [0.2, 0.25) is 11.8 Å². The number of para-hydroxylation sites is 1. The lowest BCUT2D eigenvalue weighted by molar-refractivity contribution is -0.123. The summed E-state index contributed by atoms with van der Waals surface area (Å²) in [6.07, 6.45) is 0. The van der Waals surface area contributed by atoms with E-state index in [1.165, 1.54) is 16.4 Å². The maximum Gasteiger partial charge on any atom is 0.241 e. The molecule has 0 unspecified atom stereocenters. The predicted molar refractivity (Wildman–Crippen MR) is 120 cm³/mol. The second-order valence-electron chi connectivity index (χ2n) is 7.94. The van der Waals surface area contributed by atoms with Crippen molar-refractivity contribution in [2.75, 3.05) is 38.0 Å². The molecule has 0 aliphatic carbocycles. The largest absolute Gasteiger partial charge is 0.369 e. The van der Waals surface area contributed by atoms with Crippen molar-refractivity contribution in [2.45, 2.75) is 26.4 Å². The molecule has 7 heteroatoms. The van der Waals surface area contributed by atoms with Crippen LogP contribution in [-0.4, -0.2) is 64.9 Å². The molecule has 158 valence electrons. The number of aromatic nitrogens is 1. The van der Waals surface area contributed by atoms with Gasteiger partial charge in [-0.25, -0.2) is 0 Å². The van der Waals surface area contributed by atoms with Crippen molar-refractivity contribution in [3.8, 4) is 0 Å². The summed E-state index contributed by atoms with van der Waals surface area (Å²) in [5, 5.41) is 5.44. The van der Waals surface area contributed by atoms with E-state index in [0.717, 1.165) is 43.8 Å². The molecule has 1 aromatic heterocycles. The summed E-state index contributed by atoms with van der Waals surface area (Å²) in [6.45, 7) is 8.21. The van der Waals surface area contributed by atoms with Gasteiger partial charge in [0.1, 0.15) is 0 Å². The molecule has 1 aliphatic rings. The van der Waals surface area contributed by atoms with Crippen LogP contribution < -0.4 is 11.1 Å². The van der Waals surface area contributed by atoms with Crippen molar-refractivity contribution in [3.05, 3.63) is 42.5 Å². The second-order valence-corrected chi connectivity index (χ2v) is 7.94. The van der Waals surface area contributed by atoms with Gasteiger partial charge >= 0.3 is 0 Å². The number of anilines is 1. The fourth-order valence-electron chi connectivity index (χ4n) is 4.41. The first-order chi connectivity index (χ1) is 14.5. The molecule has 0 bridgehead atoms. The quantitative estimate of drug-likeness (QED) is 0.656. The van der Waals surface area contributed by atoms with Crippen molar-refractivity contribution < 1.29 is 9.59 Å². The van der Waals surface area contributed by atoms with Gasteiger partial charge in [-0.2, -0.15) is 0 Å². The Hall–Kier alpha value is -2.90. The number of benzene rings is 2. The minimum absolute atomic E-state index is 0.0167. The van der Waals surface area contributed by atoms with Gasteiger partial charge in [-0.15, -0.1) is 0 Å². The highest BCUT2D eigenvalue weighted by atomic mass is 16.2. The van der Waals surface area contributed by atoms with Gasteiger partial charge in [0, 0.05) is 60.2 Å². The van der Waals surface area contributed by atoms with Crippen LogP contribution in [-0.2, 0) is 16.1 Å². The van der Waals surface area contributed by atoms with E-state index in [1.54, 1.807) is 0 Å². The van der Waals surface area contributed by atoms with Crippen molar-refractivity contribution >= 4 is 39.3 Å². The molecule has 1 aliphatic heterocycles. The summed E-state index contributed by atoms with van der Waals surface area (Å²) in [6, 6.07) is 14.3. The number of hydrogen-bond acceptors (Lipinski definition) is 4. The maximum atomic E-state index is 12.9. The monoisotopic (exact) mass is 407 g/mol. The van der Waals surface area contributed by atoms with E-state index in [2.05, 4.69) is 52.0 Å².